The largest absolute Gasteiger partial charge is 0.463 e. The normalized spacial score (nSPS) is 20.4. The third kappa shape index (κ3) is 2.49. The van der Waals surface area contributed by atoms with Gasteiger partial charge in [0, 0.05) is 6.20 Å². The summed E-state index contributed by atoms with van der Waals surface area (Å²) in [4.78, 5) is 18.9. The van der Waals surface area contributed by atoms with Crippen molar-refractivity contribution in [3.8, 4) is 0 Å². The van der Waals surface area contributed by atoms with Crippen molar-refractivity contribution >= 4 is 22.9 Å². The second-order valence-electron chi connectivity index (χ2n) is 4.74. The average molecular weight is 300 g/mol. The van der Waals surface area contributed by atoms with E-state index in [2.05, 4.69) is 4.99 Å². The second kappa shape index (κ2) is 5.77. The fourth-order valence-corrected chi connectivity index (χ4v) is 3.32. The summed E-state index contributed by atoms with van der Waals surface area (Å²) in [7, 11) is 0. The van der Waals surface area contributed by atoms with Crippen molar-refractivity contribution in [3.05, 3.63) is 58.8 Å². The van der Waals surface area contributed by atoms with E-state index < -0.39 is 0 Å². The van der Waals surface area contributed by atoms with Gasteiger partial charge in [-0.05, 0) is 24.8 Å². The first-order valence-corrected chi connectivity index (χ1v) is 7.73. The molecule has 0 unspecified atom stereocenters. The Labute approximate surface area is 128 Å². The summed E-state index contributed by atoms with van der Waals surface area (Å²) in [5, 5.41) is 2.88. The van der Waals surface area contributed by atoms with E-state index in [1.54, 1.807) is 11.8 Å². The number of hydrogen-bond donors (Lipinski definition) is 0. The van der Waals surface area contributed by atoms with Crippen LogP contribution < -0.4 is 0 Å². The van der Waals surface area contributed by atoms with Gasteiger partial charge in [0.05, 0.1) is 23.9 Å². The van der Waals surface area contributed by atoms with Gasteiger partial charge in [0.2, 0.25) is 0 Å². The van der Waals surface area contributed by atoms with E-state index in [9.17, 15) is 4.79 Å². The Kier molecular flexibility index (Phi) is 3.84. The molecule has 0 bridgehead atoms. The monoisotopic (exact) mass is 300 g/mol. The van der Waals surface area contributed by atoms with E-state index in [0.717, 1.165) is 16.4 Å². The molecule has 2 aliphatic heterocycles. The zero-order chi connectivity index (χ0) is 14.8. The maximum absolute atomic E-state index is 12.4. The van der Waals surface area contributed by atoms with Crippen molar-refractivity contribution in [2.45, 2.75) is 19.9 Å². The molecule has 0 aromatic heterocycles. The summed E-state index contributed by atoms with van der Waals surface area (Å²) in [6, 6.07) is 9.80. The number of esters is 1. The third-order valence-corrected chi connectivity index (χ3v) is 4.20. The molecule has 0 spiro atoms. The number of nitrogens with zero attached hydrogens (tertiary/aromatic N) is 2. The Hall–Kier alpha value is -2.01. The number of rotatable bonds is 3. The molecule has 0 N–H and O–H groups in total. The number of thioether (sulfide) groups is 1. The van der Waals surface area contributed by atoms with Crippen molar-refractivity contribution < 1.29 is 9.53 Å². The first-order valence-electron chi connectivity index (χ1n) is 6.85. The van der Waals surface area contributed by atoms with Gasteiger partial charge < -0.3 is 9.64 Å². The molecule has 0 amide bonds. The number of hydrogen-bond acceptors (Lipinski definition) is 5. The van der Waals surface area contributed by atoms with Crippen molar-refractivity contribution in [1.29, 1.82) is 0 Å². The Morgan fingerprint density at radius 2 is 2.14 bits per heavy atom. The first kappa shape index (κ1) is 13.9. The minimum atomic E-state index is -0.294. The van der Waals surface area contributed by atoms with Gasteiger partial charge in [-0.15, -0.1) is 0 Å². The molecule has 0 saturated carbocycles. The number of aliphatic imine (C=N–C) groups is 1. The quantitative estimate of drug-likeness (QED) is 0.802. The van der Waals surface area contributed by atoms with Gasteiger partial charge in [-0.1, -0.05) is 42.1 Å². The van der Waals surface area contributed by atoms with Crippen molar-refractivity contribution in [1.82, 2.24) is 4.90 Å². The maximum Gasteiger partial charge on any atom is 0.338 e. The van der Waals surface area contributed by atoms with E-state index in [-0.39, 0.29) is 12.0 Å². The Bertz CT molecular complexity index is 650. The smallest absolute Gasteiger partial charge is 0.338 e. The fraction of sp³-hybridized carbons (Fsp3) is 0.250. The van der Waals surface area contributed by atoms with Crippen LogP contribution in [0.3, 0.4) is 0 Å². The molecule has 2 aliphatic rings. The molecule has 4 nitrogen and oxygen atoms in total. The average Bonchev–Trinajstić information content (AvgIpc) is 2.94. The van der Waals surface area contributed by atoms with Crippen LogP contribution in [0.1, 0.15) is 25.5 Å². The lowest BCUT2D eigenvalue weighted by molar-refractivity contribution is -0.139. The molecular formula is C16H16N2O2S. The highest BCUT2D eigenvalue weighted by Gasteiger charge is 2.37. The van der Waals surface area contributed by atoms with Crippen LogP contribution in [0.2, 0.25) is 0 Å². The Morgan fingerprint density at radius 3 is 2.86 bits per heavy atom. The fourth-order valence-electron chi connectivity index (χ4n) is 2.53. The van der Waals surface area contributed by atoms with Gasteiger partial charge in [-0.25, -0.2) is 9.79 Å². The van der Waals surface area contributed by atoms with Crippen molar-refractivity contribution in [2.24, 2.45) is 4.99 Å². The SMILES string of the molecule is CCOC(=O)C1=C(C)N=C2SC=CN2[C@H]1c1ccccc1. The molecule has 3 rings (SSSR count). The number of carbonyl (C=O) groups excluding carboxylic acids is 1. The van der Waals surface area contributed by atoms with Crippen LogP contribution in [0.5, 0.6) is 0 Å². The second-order valence-corrected chi connectivity index (χ2v) is 5.61. The molecular weight excluding hydrogens is 284 g/mol. The molecule has 0 fully saturated rings. The third-order valence-electron chi connectivity index (χ3n) is 3.43. The molecule has 21 heavy (non-hydrogen) atoms. The molecule has 1 aromatic rings. The number of benzene rings is 1. The van der Waals surface area contributed by atoms with Gasteiger partial charge in [-0.2, -0.15) is 0 Å². The first-order chi connectivity index (χ1) is 10.2. The maximum atomic E-state index is 12.4. The summed E-state index contributed by atoms with van der Waals surface area (Å²) in [6.07, 6.45) is 1.97. The molecule has 0 radical (unpaired) electrons. The number of carbonyl (C=O) groups is 1. The lowest BCUT2D eigenvalue weighted by atomic mass is 9.95. The Morgan fingerprint density at radius 1 is 1.38 bits per heavy atom. The predicted molar refractivity (Wildman–Crippen MR) is 84.5 cm³/mol. The van der Waals surface area contributed by atoms with Crippen molar-refractivity contribution in [3.63, 3.8) is 0 Å². The number of allylic oxidation sites excluding steroid dienone is 1. The summed E-state index contributed by atoms with van der Waals surface area (Å²) in [5.74, 6) is -0.294. The van der Waals surface area contributed by atoms with Crippen LogP contribution in [-0.4, -0.2) is 22.6 Å². The van der Waals surface area contributed by atoms with Crippen LogP contribution in [0.15, 0.2) is 58.2 Å². The van der Waals surface area contributed by atoms with Crippen LogP contribution in [0.25, 0.3) is 0 Å². The van der Waals surface area contributed by atoms with Crippen LogP contribution in [0.4, 0.5) is 0 Å². The minimum Gasteiger partial charge on any atom is -0.463 e. The van der Waals surface area contributed by atoms with E-state index in [4.69, 9.17) is 4.74 Å². The van der Waals surface area contributed by atoms with Gasteiger partial charge in [0.15, 0.2) is 5.17 Å². The summed E-state index contributed by atoms with van der Waals surface area (Å²) in [5.41, 5.74) is 2.39. The number of amidine groups is 1. The Balaban J connectivity index is 2.10. The topological polar surface area (TPSA) is 41.9 Å². The van der Waals surface area contributed by atoms with Gasteiger partial charge in [-0.3, -0.25) is 0 Å². The number of ether oxygens (including phenoxy) is 1. The lowest BCUT2D eigenvalue weighted by Crippen LogP contribution is -2.34. The van der Waals surface area contributed by atoms with Crippen molar-refractivity contribution in [2.75, 3.05) is 6.61 Å². The molecule has 108 valence electrons. The molecule has 5 heteroatoms. The summed E-state index contributed by atoms with van der Waals surface area (Å²) < 4.78 is 5.23. The molecule has 0 saturated heterocycles. The molecule has 2 heterocycles. The molecule has 1 aromatic carbocycles. The molecule has 0 aliphatic carbocycles. The minimum absolute atomic E-state index is 0.177. The van der Waals surface area contributed by atoms with Crippen LogP contribution in [0, 0.1) is 0 Å². The zero-order valence-corrected chi connectivity index (χ0v) is 12.8. The number of fused-ring (bicyclic) bond motifs is 1. The standard InChI is InChI=1S/C16H16N2O2S/c1-3-20-15(19)13-11(2)17-16-18(9-10-21-16)14(13)12-7-5-4-6-8-12/h4-10,14H,3H2,1-2H3/t14-/m0/s1. The van der Waals surface area contributed by atoms with E-state index >= 15 is 0 Å². The van der Waals surface area contributed by atoms with E-state index in [1.807, 2.05) is 60.7 Å². The molecule has 1 atom stereocenters. The highest BCUT2D eigenvalue weighted by Crippen LogP contribution is 2.40. The van der Waals surface area contributed by atoms with E-state index in [1.165, 1.54) is 0 Å². The lowest BCUT2D eigenvalue weighted by Gasteiger charge is -2.33. The highest BCUT2D eigenvalue weighted by molar-refractivity contribution is 8.16. The van der Waals surface area contributed by atoms with Gasteiger partial charge >= 0.3 is 5.97 Å². The van der Waals surface area contributed by atoms with E-state index in [0.29, 0.717) is 12.2 Å². The van der Waals surface area contributed by atoms with Crippen LogP contribution in [-0.2, 0) is 9.53 Å². The highest BCUT2D eigenvalue weighted by atomic mass is 32.2. The summed E-state index contributed by atoms with van der Waals surface area (Å²) in [6.45, 7) is 4.04. The van der Waals surface area contributed by atoms with Gasteiger partial charge in [0.25, 0.3) is 0 Å². The van der Waals surface area contributed by atoms with Crippen LogP contribution >= 0.6 is 11.8 Å². The summed E-state index contributed by atoms with van der Waals surface area (Å²) >= 11 is 1.56. The predicted octanol–water partition coefficient (Wildman–Crippen LogP) is 3.45. The van der Waals surface area contributed by atoms with Gasteiger partial charge in [0.1, 0.15) is 0 Å². The zero-order valence-electron chi connectivity index (χ0n) is 11.9.